The summed E-state index contributed by atoms with van der Waals surface area (Å²) >= 11 is 0.701. The molecule has 1 amide bonds. The number of carbonyl (C=O) groups excluding carboxylic acids is 1. The van der Waals surface area contributed by atoms with E-state index in [4.69, 9.17) is 0 Å². The van der Waals surface area contributed by atoms with Crippen LogP contribution >= 0.6 is 11.3 Å². The van der Waals surface area contributed by atoms with Crippen LogP contribution in [-0.4, -0.2) is 84.1 Å². The number of sulfonamides is 1. The highest BCUT2D eigenvalue weighted by Gasteiger charge is 2.41. The van der Waals surface area contributed by atoms with Crippen LogP contribution in [0.25, 0.3) is 16.3 Å². The second-order valence-corrected chi connectivity index (χ2v) is 12.2. The number of fused-ring (bicyclic) bond motifs is 1. The summed E-state index contributed by atoms with van der Waals surface area (Å²) in [5.41, 5.74) is 0.637. The highest BCUT2D eigenvalue weighted by atomic mass is 32.2. The minimum absolute atomic E-state index is 0.00462. The zero-order valence-electron chi connectivity index (χ0n) is 19.9. The fourth-order valence-electron chi connectivity index (χ4n) is 4.14. The summed E-state index contributed by atoms with van der Waals surface area (Å²) < 4.78 is 57.2. The zero-order chi connectivity index (χ0) is 25.8. The van der Waals surface area contributed by atoms with Crippen LogP contribution in [0.1, 0.15) is 31.2 Å². The van der Waals surface area contributed by atoms with Crippen LogP contribution < -0.4 is 14.9 Å². The van der Waals surface area contributed by atoms with Crippen molar-refractivity contribution < 1.29 is 22.0 Å². The van der Waals surface area contributed by atoms with Gasteiger partial charge in [0.1, 0.15) is 10.9 Å². The van der Waals surface area contributed by atoms with Gasteiger partial charge in [0, 0.05) is 45.5 Å². The van der Waals surface area contributed by atoms with Gasteiger partial charge in [-0.1, -0.05) is 11.3 Å². The van der Waals surface area contributed by atoms with E-state index in [0.29, 0.717) is 42.2 Å². The monoisotopic (exact) mass is 540 g/mol. The third kappa shape index (κ3) is 4.67. The van der Waals surface area contributed by atoms with Crippen molar-refractivity contribution in [2.24, 2.45) is 0 Å². The van der Waals surface area contributed by atoms with Crippen molar-refractivity contribution in [3.05, 3.63) is 23.5 Å². The summed E-state index contributed by atoms with van der Waals surface area (Å²) in [6, 6.07) is 1.10. The van der Waals surface area contributed by atoms with Gasteiger partial charge < -0.3 is 15.1 Å². The Morgan fingerprint density at radius 1 is 1.33 bits per heavy atom. The molecule has 1 aliphatic heterocycles. The first kappa shape index (κ1) is 24.9. The average Bonchev–Trinajstić information content (AvgIpc) is 3.22. The first-order valence-corrected chi connectivity index (χ1v) is 13.6. The van der Waals surface area contributed by atoms with E-state index >= 15 is 0 Å². The van der Waals surface area contributed by atoms with Crippen LogP contribution in [0, 0.1) is 0 Å². The fraction of sp³-hybridized carbons (Fsp3) is 0.524. The molecule has 3 aromatic heterocycles. The van der Waals surface area contributed by atoms with Gasteiger partial charge in [-0.15, -0.1) is 10.2 Å². The van der Waals surface area contributed by atoms with E-state index in [1.807, 2.05) is 11.8 Å². The number of hydrogen-bond donors (Lipinski definition) is 2. The fourth-order valence-corrected chi connectivity index (χ4v) is 6.32. The molecule has 1 saturated heterocycles. The lowest BCUT2D eigenvalue weighted by atomic mass is 10.1. The Labute approximate surface area is 210 Å². The molecule has 1 aliphatic carbocycles. The molecule has 2 fully saturated rings. The number of aromatic nitrogens is 4. The second kappa shape index (κ2) is 8.97. The smallest absolute Gasteiger partial charge is 0.291 e. The maximum Gasteiger partial charge on any atom is 0.291 e. The predicted molar refractivity (Wildman–Crippen MR) is 130 cm³/mol. The van der Waals surface area contributed by atoms with Crippen LogP contribution in [0.3, 0.4) is 0 Å². The molecule has 4 heterocycles. The molecular formula is C21H26F2N8O3S2. The first-order chi connectivity index (χ1) is 17.0. The Morgan fingerprint density at radius 3 is 2.72 bits per heavy atom. The van der Waals surface area contributed by atoms with Crippen LogP contribution in [0.5, 0.6) is 0 Å². The normalized spacial score (nSPS) is 19.7. The second-order valence-electron chi connectivity index (χ2n) is 9.50. The number of nitrogens with one attached hydrogen (secondary N) is 2. The maximum absolute atomic E-state index is 13.3. The van der Waals surface area contributed by atoms with Gasteiger partial charge in [-0.05, 0) is 25.8 Å². The standard InChI is InChI=1S/C21H26F2N8O3S2/c1-21(4-5-21)28-36(33,34)12-8-14(30-7-6-24-13(11-30)20(32)29(2)3)15-9-25-17(31(15)10-12)19-27-26-18(35-19)16(22)23/h8-10,13,16,24,28H,4-7,11H2,1-3H3/t13-/m1/s1. The summed E-state index contributed by atoms with van der Waals surface area (Å²) in [4.78, 5) is 20.4. The van der Waals surface area contributed by atoms with Gasteiger partial charge in [-0.25, -0.2) is 26.9 Å². The van der Waals surface area contributed by atoms with Crippen LogP contribution in [0.4, 0.5) is 14.5 Å². The largest absolute Gasteiger partial charge is 0.366 e. The van der Waals surface area contributed by atoms with Crippen molar-refractivity contribution in [2.45, 2.75) is 42.7 Å². The molecule has 0 spiro atoms. The van der Waals surface area contributed by atoms with Crippen molar-refractivity contribution in [3.63, 3.8) is 0 Å². The Balaban J connectivity index is 1.62. The van der Waals surface area contributed by atoms with Crippen LogP contribution in [0.15, 0.2) is 23.4 Å². The number of hydrogen-bond acceptors (Lipinski definition) is 9. The number of piperazine rings is 1. The number of carbonyl (C=O) groups is 1. The number of anilines is 1. The zero-order valence-corrected chi connectivity index (χ0v) is 21.5. The molecule has 11 nitrogen and oxygen atoms in total. The minimum atomic E-state index is -3.91. The van der Waals surface area contributed by atoms with Gasteiger partial charge in [0.25, 0.3) is 6.43 Å². The van der Waals surface area contributed by atoms with Gasteiger partial charge in [0.15, 0.2) is 15.8 Å². The SMILES string of the molecule is CN(C)C(=O)[C@H]1CN(c2cc(S(=O)(=O)NC3(C)CC3)cn3c(-c4nnc(C(F)F)s4)ncc23)CCN1. The number of nitrogens with zero attached hydrogens (tertiary/aromatic N) is 6. The summed E-state index contributed by atoms with van der Waals surface area (Å²) in [7, 11) is -0.549. The molecule has 1 saturated carbocycles. The minimum Gasteiger partial charge on any atom is -0.366 e. The lowest BCUT2D eigenvalue weighted by molar-refractivity contribution is -0.130. The molecule has 5 rings (SSSR count). The number of halogens is 2. The third-order valence-corrected chi connectivity index (χ3v) is 8.89. The summed E-state index contributed by atoms with van der Waals surface area (Å²) in [5, 5.41) is 10.3. The van der Waals surface area contributed by atoms with Crippen molar-refractivity contribution in [1.29, 1.82) is 0 Å². The number of rotatable bonds is 7. The van der Waals surface area contributed by atoms with E-state index in [9.17, 15) is 22.0 Å². The molecule has 1 atom stereocenters. The Kier molecular flexibility index (Phi) is 6.21. The van der Waals surface area contributed by atoms with E-state index in [-0.39, 0.29) is 21.6 Å². The number of imidazole rings is 1. The molecule has 15 heteroatoms. The Hall–Kier alpha value is -2.75. The van der Waals surface area contributed by atoms with Gasteiger partial charge in [-0.3, -0.25) is 9.20 Å². The van der Waals surface area contributed by atoms with Crippen LogP contribution in [0.2, 0.25) is 0 Å². The van der Waals surface area contributed by atoms with Gasteiger partial charge in [0.05, 0.1) is 17.4 Å². The third-order valence-electron chi connectivity index (χ3n) is 6.36. The van der Waals surface area contributed by atoms with Gasteiger partial charge in [-0.2, -0.15) is 0 Å². The van der Waals surface area contributed by atoms with E-state index in [1.165, 1.54) is 11.1 Å². The van der Waals surface area contributed by atoms with E-state index in [0.717, 1.165) is 12.8 Å². The van der Waals surface area contributed by atoms with Gasteiger partial charge >= 0.3 is 0 Å². The molecule has 0 bridgehead atoms. The summed E-state index contributed by atoms with van der Waals surface area (Å²) in [6.45, 7) is 3.19. The molecular weight excluding hydrogens is 514 g/mol. The van der Waals surface area contributed by atoms with Crippen molar-refractivity contribution in [3.8, 4) is 10.8 Å². The predicted octanol–water partition coefficient (Wildman–Crippen LogP) is 1.49. The van der Waals surface area contributed by atoms with Crippen molar-refractivity contribution in [2.75, 3.05) is 38.6 Å². The van der Waals surface area contributed by atoms with Crippen molar-refractivity contribution in [1.82, 2.24) is 34.5 Å². The number of amides is 1. The molecule has 0 radical (unpaired) electrons. The van der Waals surface area contributed by atoms with E-state index in [2.05, 4.69) is 25.2 Å². The van der Waals surface area contributed by atoms with Crippen molar-refractivity contribution >= 4 is 38.5 Å². The van der Waals surface area contributed by atoms with E-state index in [1.54, 1.807) is 30.8 Å². The molecule has 3 aromatic rings. The average molecular weight is 541 g/mol. The highest BCUT2D eigenvalue weighted by molar-refractivity contribution is 7.89. The summed E-state index contributed by atoms with van der Waals surface area (Å²) in [6.07, 6.45) is 1.68. The molecule has 36 heavy (non-hydrogen) atoms. The molecule has 2 N–H and O–H groups in total. The number of alkyl halides is 2. The van der Waals surface area contributed by atoms with E-state index < -0.39 is 33.0 Å². The molecule has 0 aromatic carbocycles. The lowest BCUT2D eigenvalue weighted by Gasteiger charge is -2.36. The number of pyridine rings is 1. The first-order valence-electron chi connectivity index (χ1n) is 11.3. The summed E-state index contributed by atoms with van der Waals surface area (Å²) in [5.74, 6) is 0.117. The Morgan fingerprint density at radius 2 is 2.08 bits per heavy atom. The van der Waals surface area contributed by atoms with Gasteiger partial charge in [0.2, 0.25) is 15.9 Å². The molecule has 2 aliphatic rings. The number of likely N-dealkylation sites (N-methyl/N-ethyl adjacent to an activating group) is 1. The van der Waals surface area contributed by atoms with Crippen LogP contribution in [-0.2, 0) is 14.8 Å². The highest BCUT2D eigenvalue weighted by Crippen LogP contribution is 2.37. The quantitative estimate of drug-likeness (QED) is 0.462. The molecule has 194 valence electrons. The molecule has 0 unspecified atom stereocenters. The maximum atomic E-state index is 13.3. The topological polar surface area (TPSA) is 125 Å². The lowest BCUT2D eigenvalue weighted by Crippen LogP contribution is -2.57. The Bertz CT molecular complexity index is 1420.